The first-order valence-corrected chi connectivity index (χ1v) is 11.6. The zero-order valence-corrected chi connectivity index (χ0v) is 19.9. The van der Waals surface area contributed by atoms with E-state index < -0.39 is 11.6 Å². The van der Waals surface area contributed by atoms with Crippen LogP contribution in [0, 0.1) is 0 Å². The minimum atomic E-state index is -0.891. The molecule has 3 rings (SSSR count). The van der Waals surface area contributed by atoms with E-state index in [0.717, 1.165) is 25.7 Å². The zero-order chi connectivity index (χ0) is 22.9. The van der Waals surface area contributed by atoms with Crippen LogP contribution in [0.4, 0.5) is 15.7 Å². The number of ketones is 1. The number of hydrogen-bond donors (Lipinski definition) is 3. The standard InChI is InChI=1S/C21H26Cl2N4O3S/c1-21(2,3)27(20(29)30)12-9-7-11(8-10-12)25-19-26-18(24)17(31-19)16(28)15-13(22)5-4-6-14(15)23/h4-6,11-12H,7-10,24H2,1-3H3,(H,25,26)(H,29,30). The highest BCUT2D eigenvalue weighted by molar-refractivity contribution is 7.18. The van der Waals surface area contributed by atoms with Gasteiger partial charge in [-0.15, -0.1) is 0 Å². The second kappa shape index (κ2) is 9.22. The maximum Gasteiger partial charge on any atom is 0.407 e. The van der Waals surface area contributed by atoms with Gasteiger partial charge < -0.3 is 21.1 Å². The third-order valence-corrected chi connectivity index (χ3v) is 7.00. The second-order valence-electron chi connectivity index (χ2n) is 8.63. The highest BCUT2D eigenvalue weighted by Gasteiger charge is 2.35. The van der Waals surface area contributed by atoms with Crippen LogP contribution in [0.3, 0.4) is 0 Å². The predicted octanol–water partition coefficient (Wildman–Crippen LogP) is 5.76. The molecule has 1 saturated carbocycles. The van der Waals surface area contributed by atoms with E-state index in [1.807, 2.05) is 20.8 Å². The fourth-order valence-corrected chi connectivity index (χ4v) is 5.51. The third kappa shape index (κ3) is 5.25. The van der Waals surface area contributed by atoms with E-state index in [0.29, 0.717) is 5.13 Å². The Morgan fingerprint density at radius 1 is 1.19 bits per heavy atom. The van der Waals surface area contributed by atoms with E-state index in [4.69, 9.17) is 28.9 Å². The molecule has 31 heavy (non-hydrogen) atoms. The number of nitrogens with one attached hydrogen (secondary N) is 1. The van der Waals surface area contributed by atoms with Gasteiger partial charge in [0, 0.05) is 17.6 Å². The summed E-state index contributed by atoms with van der Waals surface area (Å²) in [6.45, 7) is 5.73. The van der Waals surface area contributed by atoms with Crippen molar-refractivity contribution in [3.63, 3.8) is 0 Å². The predicted molar refractivity (Wildman–Crippen MR) is 126 cm³/mol. The number of nitrogen functional groups attached to an aromatic ring is 1. The summed E-state index contributed by atoms with van der Waals surface area (Å²) in [5, 5.41) is 14.0. The first-order chi connectivity index (χ1) is 14.5. The summed E-state index contributed by atoms with van der Waals surface area (Å²) < 4.78 is 0. The molecule has 4 N–H and O–H groups in total. The van der Waals surface area contributed by atoms with Crippen LogP contribution < -0.4 is 11.1 Å². The van der Waals surface area contributed by atoms with Crippen LogP contribution in [0.5, 0.6) is 0 Å². The Labute approximate surface area is 195 Å². The second-order valence-corrected chi connectivity index (χ2v) is 10.4. The zero-order valence-electron chi connectivity index (χ0n) is 17.6. The molecule has 1 aliphatic rings. The van der Waals surface area contributed by atoms with E-state index in [-0.39, 0.29) is 44.2 Å². The lowest BCUT2D eigenvalue weighted by atomic mass is 9.88. The fourth-order valence-electron chi connectivity index (χ4n) is 4.03. The van der Waals surface area contributed by atoms with Crippen LogP contribution in [0.1, 0.15) is 61.7 Å². The van der Waals surface area contributed by atoms with E-state index in [9.17, 15) is 14.7 Å². The maximum absolute atomic E-state index is 12.9. The van der Waals surface area contributed by atoms with Crippen molar-refractivity contribution < 1.29 is 14.7 Å². The number of nitrogens with zero attached hydrogens (tertiary/aromatic N) is 2. The summed E-state index contributed by atoms with van der Waals surface area (Å²) in [5.41, 5.74) is 5.77. The van der Waals surface area contributed by atoms with Crippen molar-refractivity contribution in [2.75, 3.05) is 11.1 Å². The SMILES string of the molecule is CC(C)(C)N(C(=O)O)C1CCC(Nc2nc(N)c(C(=O)c3c(Cl)cccc3Cl)s2)CC1. The molecule has 1 aromatic heterocycles. The number of halogens is 2. The van der Waals surface area contributed by atoms with Gasteiger partial charge in [-0.25, -0.2) is 9.78 Å². The number of carboxylic acid groups (broad SMARTS) is 1. The van der Waals surface area contributed by atoms with Gasteiger partial charge in [0.2, 0.25) is 5.78 Å². The summed E-state index contributed by atoms with van der Waals surface area (Å²) in [6, 6.07) is 4.99. The Bertz CT molecular complexity index is 961. The van der Waals surface area contributed by atoms with Gasteiger partial charge in [-0.2, -0.15) is 0 Å². The van der Waals surface area contributed by atoms with E-state index in [1.54, 1.807) is 23.1 Å². The number of hydrogen-bond acceptors (Lipinski definition) is 6. The first kappa shape index (κ1) is 23.6. The molecule has 0 bridgehead atoms. The van der Waals surface area contributed by atoms with Crippen LogP contribution in [0.2, 0.25) is 10.0 Å². The molecular weight excluding hydrogens is 459 g/mol. The lowest BCUT2D eigenvalue weighted by Gasteiger charge is -2.42. The summed E-state index contributed by atoms with van der Waals surface area (Å²) >= 11 is 13.5. The van der Waals surface area contributed by atoms with Crippen LogP contribution >= 0.6 is 34.5 Å². The highest BCUT2D eigenvalue weighted by atomic mass is 35.5. The Hall–Kier alpha value is -2.03. The molecule has 1 aromatic carbocycles. The molecule has 0 unspecified atom stereocenters. The molecule has 1 fully saturated rings. The minimum absolute atomic E-state index is 0.0172. The van der Waals surface area contributed by atoms with Crippen molar-refractivity contribution in [1.29, 1.82) is 0 Å². The Balaban J connectivity index is 1.68. The molecule has 0 spiro atoms. The van der Waals surface area contributed by atoms with E-state index in [1.165, 1.54) is 11.3 Å². The monoisotopic (exact) mass is 484 g/mol. The molecular formula is C21H26Cl2N4O3S. The van der Waals surface area contributed by atoms with E-state index >= 15 is 0 Å². The fraction of sp³-hybridized carbons (Fsp3) is 0.476. The van der Waals surface area contributed by atoms with Crippen LogP contribution in [0.15, 0.2) is 18.2 Å². The molecule has 0 saturated heterocycles. The molecule has 7 nitrogen and oxygen atoms in total. The number of amides is 1. The highest BCUT2D eigenvalue weighted by Crippen LogP contribution is 2.35. The van der Waals surface area contributed by atoms with Gasteiger partial charge >= 0.3 is 6.09 Å². The van der Waals surface area contributed by atoms with Gasteiger partial charge in [-0.05, 0) is 58.6 Å². The smallest absolute Gasteiger partial charge is 0.407 e. The van der Waals surface area contributed by atoms with Gasteiger partial charge in [0.05, 0.1) is 15.6 Å². The van der Waals surface area contributed by atoms with Crippen molar-refractivity contribution in [3.05, 3.63) is 38.7 Å². The van der Waals surface area contributed by atoms with Crippen molar-refractivity contribution >= 4 is 57.4 Å². The van der Waals surface area contributed by atoms with Gasteiger partial charge in [0.1, 0.15) is 10.7 Å². The number of carbonyl (C=O) groups excluding carboxylic acids is 1. The molecule has 0 aliphatic heterocycles. The number of thiazole rings is 1. The van der Waals surface area contributed by atoms with Gasteiger partial charge in [-0.3, -0.25) is 4.79 Å². The molecule has 10 heteroatoms. The molecule has 1 aliphatic carbocycles. The summed E-state index contributed by atoms with van der Waals surface area (Å²) in [7, 11) is 0. The number of carbonyl (C=O) groups is 2. The molecule has 0 radical (unpaired) electrons. The van der Waals surface area contributed by atoms with Crippen LogP contribution in [-0.4, -0.2) is 44.5 Å². The molecule has 1 heterocycles. The lowest BCUT2D eigenvalue weighted by Crippen LogP contribution is -2.52. The van der Waals surface area contributed by atoms with Crippen molar-refractivity contribution in [2.24, 2.45) is 0 Å². The topological polar surface area (TPSA) is 109 Å². The molecule has 1 amide bonds. The average molecular weight is 485 g/mol. The molecule has 168 valence electrons. The normalized spacial score (nSPS) is 19.1. The number of nitrogens with two attached hydrogens (primary N) is 1. The van der Waals surface area contributed by atoms with E-state index in [2.05, 4.69) is 10.3 Å². The lowest BCUT2D eigenvalue weighted by molar-refractivity contribution is 0.0556. The molecule has 2 aromatic rings. The minimum Gasteiger partial charge on any atom is -0.465 e. The molecule has 0 atom stereocenters. The number of anilines is 2. The number of rotatable bonds is 5. The quantitative estimate of drug-likeness (QED) is 0.465. The van der Waals surface area contributed by atoms with Crippen molar-refractivity contribution in [1.82, 2.24) is 9.88 Å². The van der Waals surface area contributed by atoms with Crippen LogP contribution in [0.25, 0.3) is 0 Å². The Morgan fingerprint density at radius 3 is 2.29 bits per heavy atom. The van der Waals surface area contributed by atoms with Crippen LogP contribution in [-0.2, 0) is 0 Å². The Kier molecular flexibility index (Phi) is 7.03. The van der Waals surface area contributed by atoms with Gasteiger partial charge in [0.15, 0.2) is 5.13 Å². The van der Waals surface area contributed by atoms with Crippen molar-refractivity contribution in [2.45, 2.75) is 64.1 Å². The number of benzene rings is 1. The third-order valence-electron chi connectivity index (χ3n) is 5.37. The maximum atomic E-state index is 12.9. The summed E-state index contributed by atoms with van der Waals surface area (Å²) in [6.07, 6.45) is 2.21. The van der Waals surface area contributed by atoms with Gasteiger partial charge in [-0.1, -0.05) is 40.6 Å². The van der Waals surface area contributed by atoms with Crippen molar-refractivity contribution in [3.8, 4) is 0 Å². The Morgan fingerprint density at radius 2 is 1.77 bits per heavy atom. The summed E-state index contributed by atoms with van der Waals surface area (Å²) in [5.74, 6) is -0.225. The number of aromatic nitrogens is 1. The van der Waals surface area contributed by atoms with Gasteiger partial charge in [0.25, 0.3) is 0 Å². The average Bonchev–Trinajstić information content (AvgIpc) is 3.01. The largest absolute Gasteiger partial charge is 0.465 e. The first-order valence-electron chi connectivity index (χ1n) is 10.0. The summed E-state index contributed by atoms with van der Waals surface area (Å²) in [4.78, 5) is 30.8.